The number of H-pyrrole nitrogens is 1. The van der Waals surface area contributed by atoms with Crippen LogP contribution in [0.5, 0.6) is 0 Å². The molecule has 0 bridgehead atoms. The molecule has 1 aromatic carbocycles. The maximum absolute atomic E-state index is 12.2. The van der Waals surface area contributed by atoms with E-state index in [9.17, 15) is 4.79 Å². The molecule has 0 unspecified atom stereocenters. The van der Waals surface area contributed by atoms with E-state index in [4.69, 9.17) is 28.9 Å². The van der Waals surface area contributed by atoms with E-state index < -0.39 is 0 Å². The highest BCUT2D eigenvalue weighted by Crippen LogP contribution is 2.29. The molecule has 19 heavy (non-hydrogen) atoms. The van der Waals surface area contributed by atoms with Gasteiger partial charge in [-0.25, -0.2) is 0 Å². The van der Waals surface area contributed by atoms with E-state index in [0.29, 0.717) is 17.1 Å². The number of aryl methyl sites for hydroxylation is 2. The Morgan fingerprint density at radius 1 is 1.37 bits per heavy atom. The van der Waals surface area contributed by atoms with Crippen molar-refractivity contribution >= 4 is 40.5 Å². The van der Waals surface area contributed by atoms with Crippen LogP contribution in [0, 0.1) is 13.8 Å². The minimum atomic E-state index is -0.383. The molecule has 0 aliphatic rings. The van der Waals surface area contributed by atoms with Crippen LogP contribution in [0.4, 0.5) is 11.4 Å². The van der Waals surface area contributed by atoms with Gasteiger partial charge in [0.25, 0.3) is 5.91 Å². The second kappa shape index (κ2) is 5.11. The molecule has 5 nitrogen and oxygen atoms in total. The lowest BCUT2D eigenvalue weighted by molar-refractivity contribution is 0.102. The molecule has 0 saturated heterocycles. The third-order valence-electron chi connectivity index (χ3n) is 2.66. The largest absolute Gasteiger partial charge is 0.399 e. The van der Waals surface area contributed by atoms with Crippen molar-refractivity contribution in [2.75, 3.05) is 11.1 Å². The lowest BCUT2D eigenvalue weighted by Crippen LogP contribution is -2.14. The molecule has 0 fully saturated rings. The van der Waals surface area contributed by atoms with Crippen LogP contribution < -0.4 is 11.1 Å². The zero-order chi connectivity index (χ0) is 14.2. The molecule has 4 N–H and O–H groups in total. The smallest absolute Gasteiger partial charge is 0.257 e. The number of amides is 1. The molecular weight excluding hydrogens is 287 g/mol. The maximum atomic E-state index is 12.2. The molecule has 2 rings (SSSR count). The summed E-state index contributed by atoms with van der Waals surface area (Å²) in [7, 11) is 0. The van der Waals surface area contributed by atoms with Crippen LogP contribution >= 0.6 is 23.2 Å². The first kappa shape index (κ1) is 13.7. The van der Waals surface area contributed by atoms with Gasteiger partial charge in [0.2, 0.25) is 0 Å². The van der Waals surface area contributed by atoms with Crippen molar-refractivity contribution in [2.45, 2.75) is 13.8 Å². The number of nitrogens with zero attached hydrogens (tertiary/aromatic N) is 1. The van der Waals surface area contributed by atoms with Crippen LogP contribution in [0.25, 0.3) is 0 Å². The Morgan fingerprint density at radius 2 is 2.05 bits per heavy atom. The van der Waals surface area contributed by atoms with E-state index in [-0.39, 0.29) is 21.5 Å². The number of anilines is 2. The van der Waals surface area contributed by atoms with E-state index in [0.717, 1.165) is 5.69 Å². The monoisotopic (exact) mass is 298 g/mol. The lowest BCUT2D eigenvalue weighted by atomic mass is 10.1. The zero-order valence-corrected chi connectivity index (χ0v) is 11.9. The van der Waals surface area contributed by atoms with Gasteiger partial charge in [-0.15, -0.1) is 0 Å². The van der Waals surface area contributed by atoms with Crippen molar-refractivity contribution in [2.24, 2.45) is 0 Å². The number of carbonyl (C=O) groups excluding carboxylic acids is 1. The van der Waals surface area contributed by atoms with Crippen molar-refractivity contribution in [1.82, 2.24) is 10.2 Å². The van der Waals surface area contributed by atoms with Crippen LogP contribution in [0.15, 0.2) is 12.1 Å². The summed E-state index contributed by atoms with van der Waals surface area (Å²) in [5.74, 6) is -0.383. The van der Waals surface area contributed by atoms with Crippen LogP contribution in [-0.4, -0.2) is 16.1 Å². The summed E-state index contributed by atoms with van der Waals surface area (Å²) in [5.41, 5.74) is 8.34. The summed E-state index contributed by atoms with van der Waals surface area (Å²) in [4.78, 5) is 12.2. The van der Waals surface area contributed by atoms with E-state index in [2.05, 4.69) is 15.5 Å². The predicted molar refractivity (Wildman–Crippen MR) is 76.9 cm³/mol. The minimum absolute atomic E-state index is 0.173. The van der Waals surface area contributed by atoms with Crippen molar-refractivity contribution in [3.8, 4) is 0 Å². The lowest BCUT2D eigenvalue weighted by Gasteiger charge is -2.09. The SMILES string of the molecule is Cc1n[nH]c(C)c1NC(=O)c1cc(N)cc(Cl)c1Cl. The molecule has 0 aliphatic carbocycles. The molecule has 1 aromatic heterocycles. The second-order valence-electron chi connectivity index (χ2n) is 4.13. The van der Waals surface area contributed by atoms with Gasteiger partial charge >= 0.3 is 0 Å². The van der Waals surface area contributed by atoms with Crippen molar-refractivity contribution in [1.29, 1.82) is 0 Å². The Morgan fingerprint density at radius 3 is 2.63 bits per heavy atom. The Kier molecular flexibility index (Phi) is 3.68. The highest BCUT2D eigenvalue weighted by Gasteiger charge is 2.17. The first-order chi connectivity index (χ1) is 8.90. The number of hydrogen-bond acceptors (Lipinski definition) is 3. The third kappa shape index (κ3) is 2.67. The number of nitrogen functional groups attached to an aromatic ring is 1. The number of rotatable bonds is 2. The number of halogens is 2. The number of nitrogens with one attached hydrogen (secondary N) is 2. The van der Waals surface area contributed by atoms with Crippen molar-refractivity contribution < 1.29 is 4.79 Å². The van der Waals surface area contributed by atoms with Gasteiger partial charge in [0.05, 0.1) is 32.7 Å². The zero-order valence-electron chi connectivity index (χ0n) is 10.3. The summed E-state index contributed by atoms with van der Waals surface area (Å²) in [6, 6.07) is 2.98. The number of hydrogen-bond donors (Lipinski definition) is 3. The molecule has 1 amide bonds. The van der Waals surface area contributed by atoms with Gasteiger partial charge in [0.1, 0.15) is 0 Å². The minimum Gasteiger partial charge on any atom is -0.399 e. The molecule has 0 spiro atoms. The normalized spacial score (nSPS) is 10.5. The van der Waals surface area contributed by atoms with Gasteiger partial charge in [-0.05, 0) is 26.0 Å². The summed E-state index contributed by atoms with van der Waals surface area (Å²) in [6.07, 6.45) is 0. The highest BCUT2D eigenvalue weighted by molar-refractivity contribution is 6.44. The Hall–Kier alpha value is -1.72. The van der Waals surface area contributed by atoms with Gasteiger partial charge in [-0.2, -0.15) is 5.10 Å². The molecule has 1 heterocycles. The molecule has 0 radical (unpaired) electrons. The Balaban J connectivity index is 2.36. The first-order valence-electron chi connectivity index (χ1n) is 5.47. The molecule has 0 aliphatic heterocycles. The number of benzene rings is 1. The summed E-state index contributed by atoms with van der Waals surface area (Å²) < 4.78 is 0. The molecule has 0 saturated carbocycles. The number of carbonyl (C=O) groups is 1. The number of aromatic nitrogens is 2. The van der Waals surface area contributed by atoms with Crippen molar-refractivity contribution in [3.63, 3.8) is 0 Å². The van der Waals surface area contributed by atoms with E-state index in [1.165, 1.54) is 12.1 Å². The van der Waals surface area contributed by atoms with Crippen LogP contribution in [0.3, 0.4) is 0 Å². The first-order valence-corrected chi connectivity index (χ1v) is 6.23. The standard InChI is InChI=1S/C12H12Cl2N4O/c1-5-11(6(2)18-17-5)16-12(19)8-3-7(15)4-9(13)10(8)14/h3-4H,15H2,1-2H3,(H,16,19)(H,17,18). The summed E-state index contributed by atoms with van der Waals surface area (Å²) in [6.45, 7) is 3.59. The molecule has 100 valence electrons. The highest BCUT2D eigenvalue weighted by atomic mass is 35.5. The van der Waals surface area contributed by atoms with Gasteiger partial charge in [-0.3, -0.25) is 9.89 Å². The topological polar surface area (TPSA) is 83.8 Å². The average molecular weight is 299 g/mol. The molecule has 0 atom stereocenters. The number of aromatic amines is 1. The fourth-order valence-corrected chi connectivity index (χ4v) is 2.11. The number of nitrogens with two attached hydrogens (primary N) is 1. The van der Waals surface area contributed by atoms with Crippen LogP contribution in [0.2, 0.25) is 10.0 Å². The third-order valence-corrected chi connectivity index (χ3v) is 3.46. The summed E-state index contributed by atoms with van der Waals surface area (Å²) >= 11 is 11.9. The fraction of sp³-hybridized carbons (Fsp3) is 0.167. The van der Waals surface area contributed by atoms with Crippen LogP contribution in [-0.2, 0) is 0 Å². The van der Waals surface area contributed by atoms with Gasteiger partial charge in [0, 0.05) is 5.69 Å². The Labute approximate surface area is 120 Å². The average Bonchev–Trinajstić information content (AvgIpc) is 2.65. The second-order valence-corrected chi connectivity index (χ2v) is 4.91. The van der Waals surface area contributed by atoms with Gasteiger partial charge < -0.3 is 11.1 Å². The van der Waals surface area contributed by atoms with Gasteiger partial charge in [0.15, 0.2) is 0 Å². The molecule has 2 aromatic rings. The molecular formula is C12H12Cl2N4O. The Bertz CT molecular complexity index is 632. The van der Waals surface area contributed by atoms with Gasteiger partial charge in [-0.1, -0.05) is 23.2 Å². The van der Waals surface area contributed by atoms with Crippen molar-refractivity contribution in [3.05, 3.63) is 39.1 Å². The maximum Gasteiger partial charge on any atom is 0.257 e. The fourth-order valence-electron chi connectivity index (χ4n) is 1.69. The summed E-state index contributed by atoms with van der Waals surface area (Å²) in [5, 5.41) is 9.93. The van der Waals surface area contributed by atoms with E-state index >= 15 is 0 Å². The quantitative estimate of drug-likeness (QED) is 0.745. The van der Waals surface area contributed by atoms with E-state index in [1.54, 1.807) is 6.92 Å². The molecule has 7 heteroatoms. The van der Waals surface area contributed by atoms with Crippen LogP contribution in [0.1, 0.15) is 21.7 Å². The predicted octanol–water partition coefficient (Wildman–Crippen LogP) is 3.17. The van der Waals surface area contributed by atoms with E-state index in [1.807, 2.05) is 6.92 Å².